The number of benzene rings is 1. The number of rotatable bonds is 2. The normalized spacial score (nSPS) is 34.4. The third-order valence-corrected chi connectivity index (χ3v) is 8.37. The minimum Gasteiger partial charge on any atom is -0.303 e. The van der Waals surface area contributed by atoms with Crippen LogP contribution in [-0.4, -0.2) is 30.3 Å². The van der Waals surface area contributed by atoms with Gasteiger partial charge in [-0.05, 0) is 68.5 Å². The first kappa shape index (κ1) is 16.7. The maximum atomic E-state index is 13.1. The lowest BCUT2D eigenvalue weighted by Crippen LogP contribution is -2.51. The zero-order valence-electron chi connectivity index (χ0n) is 16.2. The lowest BCUT2D eigenvalue weighted by atomic mass is 9.60. The van der Waals surface area contributed by atoms with E-state index in [0.29, 0.717) is 5.78 Å². The molecule has 1 aliphatic heterocycles. The first-order valence-corrected chi connectivity index (χ1v) is 10.6. The van der Waals surface area contributed by atoms with E-state index in [1.165, 1.54) is 31.4 Å². The molecule has 2 fully saturated rings. The molecule has 6 rings (SSSR count). The highest BCUT2D eigenvalue weighted by molar-refractivity contribution is 6.06. The van der Waals surface area contributed by atoms with E-state index in [1.54, 1.807) is 0 Å². The van der Waals surface area contributed by atoms with E-state index in [4.69, 9.17) is 0 Å². The van der Waals surface area contributed by atoms with Crippen LogP contribution in [0.1, 0.15) is 61.9 Å². The molecule has 26 heavy (non-hydrogen) atoms. The Morgan fingerprint density at radius 1 is 1.08 bits per heavy atom. The second-order valence-electron chi connectivity index (χ2n) is 9.76. The highest BCUT2D eigenvalue weighted by Gasteiger charge is 2.58. The molecular formula is C24H31NO. The predicted octanol–water partition coefficient (Wildman–Crippen LogP) is 4.85. The number of likely N-dealkylation sites (tertiary alicyclic amines) is 1. The molecule has 0 radical (unpaired) electrons. The number of Topliss-reactive ketones (excluding diaryl/α,β-unsaturated/α-hetero) is 1. The van der Waals surface area contributed by atoms with E-state index in [2.05, 4.69) is 43.0 Å². The van der Waals surface area contributed by atoms with Crippen molar-refractivity contribution in [3.63, 3.8) is 0 Å². The Kier molecular flexibility index (Phi) is 3.73. The standard InChI is InChI=1S/C24H31NO/c1-23(2)22(26)20-5-3-4-6-21(20)24(23)11-13-25(14-12-24)16-19-15-17-7-9-18(19)10-8-17/h3-7,9,17-19H,8,10-16H2,1-2H3/t17-,18-,19-/m1/s1. The molecule has 4 aliphatic carbocycles. The van der Waals surface area contributed by atoms with Crippen molar-refractivity contribution in [3.05, 3.63) is 47.5 Å². The SMILES string of the molecule is CC1(C)C(=O)c2ccccc2C12CCN(C[C@H]1C[C@@H]3C=C[C@@H]1CC3)CC2. The van der Waals surface area contributed by atoms with Crippen molar-refractivity contribution in [1.29, 1.82) is 0 Å². The molecule has 1 spiro atoms. The van der Waals surface area contributed by atoms with Gasteiger partial charge in [0.15, 0.2) is 5.78 Å². The van der Waals surface area contributed by atoms with Gasteiger partial charge in [-0.3, -0.25) is 4.79 Å². The Hall–Kier alpha value is -1.41. The van der Waals surface area contributed by atoms with Crippen LogP contribution in [-0.2, 0) is 5.41 Å². The second-order valence-corrected chi connectivity index (χ2v) is 9.76. The van der Waals surface area contributed by atoms with Gasteiger partial charge in [0.1, 0.15) is 0 Å². The zero-order chi connectivity index (χ0) is 17.9. The van der Waals surface area contributed by atoms with Gasteiger partial charge in [-0.25, -0.2) is 0 Å². The maximum Gasteiger partial charge on any atom is 0.169 e. The number of piperidine rings is 1. The van der Waals surface area contributed by atoms with E-state index in [0.717, 1.165) is 49.2 Å². The summed E-state index contributed by atoms with van der Waals surface area (Å²) in [6, 6.07) is 8.41. The fraction of sp³-hybridized carbons (Fsp3) is 0.625. The smallest absolute Gasteiger partial charge is 0.169 e. The Balaban J connectivity index is 1.34. The first-order valence-electron chi connectivity index (χ1n) is 10.6. The average Bonchev–Trinajstić information content (AvgIpc) is 2.84. The number of hydrogen-bond donors (Lipinski definition) is 0. The largest absolute Gasteiger partial charge is 0.303 e. The Morgan fingerprint density at radius 2 is 1.85 bits per heavy atom. The fourth-order valence-electron chi connectivity index (χ4n) is 6.59. The summed E-state index contributed by atoms with van der Waals surface area (Å²) < 4.78 is 0. The van der Waals surface area contributed by atoms with Crippen LogP contribution in [0.5, 0.6) is 0 Å². The lowest BCUT2D eigenvalue weighted by molar-refractivity contribution is 0.0462. The summed E-state index contributed by atoms with van der Waals surface area (Å²) in [5, 5.41) is 0. The van der Waals surface area contributed by atoms with E-state index >= 15 is 0 Å². The van der Waals surface area contributed by atoms with Crippen molar-refractivity contribution in [2.24, 2.45) is 23.2 Å². The van der Waals surface area contributed by atoms with Crippen LogP contribution in [0.15, 0.2) is 36.4 Å². The molecule has 1 saturated carbocycles. The first-order chi connectivity index (χ1) is 12.5. The van der Waals surface area contributed by atoms with E-state index in [-0.39, 0.29) is 10.8 Å². The summed E-state index contributed by atoms with van der Waals surface area (Å²) in [6.07, 6.45) is 11.4. The number of hydrogen-bond acceptors (Lipinski definition) is 2. The van der Waals surface area contributed by atoms with Gasteiger partial charge >= 0.3 is 0 Å². The van der Waals surface area contributed by atoms with Gasteiger partial charge in [0.2, 0.25) is 0 Å². The molecular weight excluding hydrogens is 318 g/mol. The van der Waals surface area contributed by atoms with Crippen LogP contribution in [0.2, 0.25) is 0 Å². The molecule has 1 aromatic carbocycles. The Labute approximate surface area is 157 Å². The quantitative estimate of drug-likeness (QED) is 0.712. The second kappa shape index (κ2) is 5.79. The summed E-state index contributed by atoms with van der Waals surface area (Å²) in [6.45, 7) is 7.93. The number of ketones is 1. The van der Waals surface area contributed by atoms with Crippen LogP contribution in [0.3, 0.4) is 0 Å². The number of fused-ring (bicyclic) bond motifs is 4. The molecule has 0 amide bonds. The van der Waals surface area contributed by atoms with Crippen molar-refractivity contribution in [3.8, 4) is 0 Å². The van der Waals surface area contributed by atoms with Gasteiger partial charge < -0.3 is 4.90 Å². The van der Waals surface area contributed by atoms with E-state index in [1.807, 2.05) is 12.1 Å². The number of carbonyl (C=O) groups excluding carboxylic acids is 1. The summed E-state index contributed by atoms with van der Waals surface area (Å²) in [5.41, 5.74) is 2.09. The van der Waals surface area contributed by atoms with Gasteiger partial charge in [0.05, 0.1) is 0 Å². The van der Waals surface area contributed by atoms with Gasteiger partial charge in [-0.1, -0.05) is 50.3 Å². The van der Waals surface area contributed by atoms with Crippen molar-refractivity contribution >= 4 is 5.78 Å². The molecule has 2 nitrogen and oxygen atoms in total. The third-order valence-electron chi connectivity index (χ3n) is 8.37. The molecule has 5 aliphatic rings. The topological polar surface area (TPSA) is 20.3 Å². The van der Waals surface area contributed by atoms with E-state index in [9.17, 15) is 4.79 Å². The molecule has 2 bridgehead atoms. The van der Waals surface area contributed by atoms with Crippen LogP contribution >= 0.6 is 0 Å². The van der Waals surface area contributed by atoms with Crippen LogP contribution in [0.4, 0.5) is 0 Å². The van der Waals surface area contributed by atoms with Crippen LogP contribution in [0, 0.1) is 23.2 Å². The summed E-state index contributed by atoms with van der Waals surface area (Å²) in [5.74, 6) is 2.88. The molecule has 0 aromatic heterocycles. The molecule has 1 heterocycles. The highest BCUT2D eigenvalue weighted by Crippen LogP contribution is 2.56. The fourth-order valence-corrected chi connectivity index (χ4v) is 6.59. The van der Waals surface area contributed by atoms with Gasteiger partial charge in [0, 0.05) is 22.9 Å². The van der Waals surface area contributed by atoms with Gasteiger partial charge in [0.25, 0.3) is 0 Å². The van der Waals surface area contributed by atoms with Crippen LogP contribution < -0.4 is 0 Å². The monoisotopic (exact) mass is 349 g/mol. The molecule has 1 saturated heterocycles. The van der Waals surface area contributed by atoms with E-state index < -0.39 is 0 Å². The third kappa shape index (κ3) is 2.24. The summed E-state index contributed by atoms with van der Waals surface area (Å²) in [4.78, 5) is 15.8. The molecule has 0 unspecified atom stereocenters. The minimum atomic E-state index is -0.268. The summed E-state index contributed by atoms with van der Waals surface area (Å²) in [7, 11) is 0. The molecule has 2 heteroatoms. The van der Waals surface area contributed by atoms with Crippen molar-refractivity contribution in [1.82, 2.24) is 4.90 Å². The predicted molar refractivity (Wildman–Crippen MR) is 105 cm³/mol. The van der Waals surface area contributed by atoms with Crippen molar-refractivity contribution in [2.75, 3.05) is 19.6 Å². The van der Waals surface area contributed by atoms with Gasteiger partial charge in [-0.15, -0.1) is 0 Å². The highest BCUT2D eigenvalue weighted by atomic mass is 16.1. The molecule has 3 atom stereocenters. The lowest BCUT2D eigenvalue weighted by Gasteiger charge is -2.48. The number of allylic oxidation sites excluding steroid dienone is 2. The average molecular weight is 350 g/mol. The molecule has 0 N–H and O–H groups in total. The summed E-state index contributed by atoms with van der Waals surface area (Å²) >= 11 is 0. The van der Waals surface area contributed by atoms with Gasteiger partial charge in [-0.2, -0.15) is 0 Å². The Morgan fingerprint density at radius 3 is 2.50 bits per heavy atom. The molecule has 138 valence electrons. The number of nitrogens with zero attached hydrogens (tertiary/aromatic N) is 1. The number of carbonyl (C=O) groups is 1. The molecule has 1 aromatic rings. The maximum absolute atomic E-state index is 13.1. The van der Waals surface area contributed by atoms with Crippen LogP contribution in [0.25, 0.3) is 0 Å². The zero-order valence-corrected chi connectivity index (χ0v) is 16.2. The Bertz CT molecular complexity index is 753. The minimum absolute atomic E-state index is 0.0443. The van der Waals surface area contributed by atoms with Crippen molar-refractivity contribution in [2.45, 2.75) is 51.4 Å². The van der Waals surface area contributed by atoms with Crippen molar-refractivity contribution < 1.29 is 4.79 Å².